The molecular weight excluding hydrogens is 358 g/mol. The van der Waals surface area contributed by atoms with Gasteiger partial charge in [-0.05, 0) is 62.7 Å². The van der Waals surface area contributed by atoms with Crippen LogP contribution in [0.2, 0.25) is 0 Å². The molecule has 7 heteroatoms. The maximum Gasteiger partial charge on any atom is 0.286 e. The first-order valence-corrected chi connectivity index (χ1v) is 9.12. The van der Waals surface area contributed by atoms with E-state index in [9.17, 15) is 9.59 Å². The van der Waals surface area contributed by atoms with Crippen LogP contribution in [0.4, 0.5) is 0 Å². The number of ketones is 1. The Bertz CT molecular complexity index is 941. The number of nitrogens with zero attached hydrogens (tertiary/aromatic N) is 2. The molecule has 0 aliphatic carbocycles. The Morgan fingerprint density at radius 3 is 2.61 bits per heavy atom. The van der Waals surface area contributed by atoms with Crippen LogP contribution >= 0.6 is 0 Å². The summed E-state index contributed by atoms with van der Waals surface area (Å²) in [7, 11) is 0. The molecule has 2 heterocycles. The predicted octanol–water partition coefficient (Wildman–Crippen LogP) is 3.39. The second-order valence-corrected chi connectivity index (χ2v) is 6.46. The third kappa shape index (κ3) is 5.33. The first-order valence-electron chi connectivity index (χ1n) is 9.12. The number of aromatic nitrogens is 2. The Morgan fingerprint density at radius 1 is 1.14 bits per heavy atom. The number of benzene rings is 1. The topological polar surface area (TPSA) is 86.4 Å². The van der Waals surface area contributed by atoms with Gasteiger partial charge in [-0.1, -0.05) is 0 Å². The molecule has 2 aromatic heterocycles. The van der Waals surface area contributed by atoms with Crippen LogP contribution in [-0.2, 0) is 13.2 Å². The van der Waals surface area contributed by atoms with Crippen LogP contribution in [0.3, 0.4) is 0 Å². The van der Waals surface area contributed by atoms with Crippen molar-refractivity contribution in [1.29, 1.82) is 0 Å². The summed E-state index contributed by atoms with van der Waals surface area (Å²) in [4.78, 5) is 23.4. The zero-order chi connectivity index (χ0) is 19.9. The van der Waals surface area contributed by atoms with Crippen molar-refractivity contribution < 1.29 is 18.7 Å². The van der Waals surface area contributed by atoms with E-state index >= 15 is 0 Å². The maximum absolute atomic E-state index is 12.1. The Kier molecular flexibility index (Phi) is 6.26. The fraction of sp³-hybridized carbons (Fsp3) is 0.286. The second-order valence-electron chi connectivity index (χ2n) is 6.46. The van der Waals surface area contributed by atoms with E-state index in [0.29, 0.717) is 23.6 Å². The molecular formula is C21H23N3O4. The minimum absolute atomic E-state index is 0.00738. The summed E-state index contributed by atoms with van der Waals surface area (Å²) in [6.07, 6.45) is 2.70. The van der Waals surface area contributed by atoms with E-state index in [1.54, 1.807) is 36.4 Å². The highest BCUT2D eigenvalue weighted by atomic mass is 16.5. The van der Waals surface area contributed by atoms with Crippen molar-refractivity contribution in [1.82, 2.24) is 15.1 Å². The van der Waals surface area contributed by atoms with E-state index in [1.165, 1.54) is 6.92 Å². The van der Waals surface area contributed by atoms with Crippen LogP contribution < -0.4 is 10.1 Å². The average Bonchev–Trinajstić information content (AvgIpc) is 3.33. The van der Waals surface area contributed by atoms with Crippen molar-refractivity contribution in [3.63, 3.8) is 0 Å². The van der Waals surface area contributed by atoms with Gasteiger partial charge in [0.1, 0.15) is 18.1 Å². The number of ether oxygens (including phenoxy) is 1. The van der Waals surface area contributed by atoms with Crippen LogP contribution in [0.1, 0.15) is 45.7 Å². The molecule has 0 spiro atoms. The van der Waals surface area contributed by atoms with E-state index in [0.717, 1.165) is 18.7 Å². The number of amides is 1. The standard InChI is InChI=1S/C21H23N3O4/c1-15-10-13-24(23-15)12-3-11-22-21(26)20-9-8-19(28-20)14-27-18-6-4-17(5-7-18)16(2)25/h4-10,13H,3,11-12,14H2,1-2H3,(H,22,26). The van der Waals surface area contributed by atoms with E-state index in [4.69, 9.17) is 9.15 Å². The van der Waals surface area contributed by atoms with Crippen LogP contribution in [-0.4, -0.2) is 28.0 Å². The molecule has 0 saturated carbocycles. The van der Waals surface area contributed by atoms with Gasteiger partial charge >= 0.3 is 0 Å². The molecule has 1 amide bonds. The third-order valence-electron chi connectivity index (χ3n) is 4.15. The lowest BCUT2D eigenvalue weighted by Gasteiger charge is -2.05. The smallest absolute Gasteiger partial charge is 0.286 e. The highest BCUT2D eigenvalue weighted by molar-refractivity contribution is 5.94. The molecule has 0 radical (unpaired) electrons. The SMILES string of the molecule is CC(=O)c1ccc(OCc2ccc(C(=O)NCCCn3ccc(C)n3)o2)cc1. The molecule has 28 heavy (non-hydrogen) atoms. The van der Waals surface area contributed by atoms with Crippen molar-refractivity contribution in [2.45, 2.75) is 33.4 Å². The number of hydrogen-bond donors (Lipinski definition) is 1. The van der Waals surface area contributed by atoms with Gasteiger partial charge in [0, 0.05) is 24.8 Å². The molecule has 0 bridgehead atoms. The molecule has 7 nitrogen and oxygen atoms in total. The van der Waals surface area contributed by atoms with Gasteiger partial charge in [-0.25, -0.2) is 0 Å². The third-order valence-corrected chi connectivity index (χ3v) is 4.15. The lowest BCUT2D eigenvalue weighted by molar-refractivity contribution is 0.0920. The van der Waals surface area contributed by atoms with Crippen molar-refractivity contribution in [2.75, 3.05) is 6.54 Å². The van der Waals surface area contributed by atoms with Crippen molar-refractivity contribution in [3.05, 3.63) is 71.4 Å². The van der Waals surface area contributed by atoms with Gasteiger partial charge in [-0.15, -0.1) is 0 Å². The summed E-state index contributed by atoms with van der Waals surface area (Å²) in [5.74, 6) is 1.18. The molecule has 0 aliphatic heterocycles. The summed E-state index contributed by atoms with van der Waals surface area (Å²) in [5, 5.41) is 7.14. The zero-order valence-electron chi connectivity index (χ0n) is 16.0. The minimum Gasteiger partial charge on any atom is -0.486 e. The van der Waals surface area contributed by atoms with E-state index in [1.807, 2.05) is 23.9 Å². The van der Waals surface area contributed by atoms with Gasteiger partial charge in [-0.3, -0.25) is 14.3 Å². The fourth-order valence-electron chi connectivity index (χ4n) is 2.64. The van der Waals surface area contributed by atoms with Gasteiger partial charge < -0.3 is 14.5 Å². The van der Waals surface area contributed by atoms with Gasteiger partial charge in [0.05, 0.1) is 5.69 Å². The van der Waals surface area contributed by atoms with Gasteiger partial charge in [-0.2, -0.15) is 5.10 Å². The number of Topliss-reactive ketones (excluding diaryl/α,β-unsaturated/α-hetero) is 1. The highest BCUT2D eigenvalue weighted by Gasteiger charge is 2.11. The molecule has 0 atom stereocenters. The Hall–Kier alpha value is -3.35. The predicted molar refractivity (Wildman–Crippen MR) is 103 cm³/mol. The summed E-state index contributed by atoms with van der Waals surface area (Å²) in [5.41, 5.74) is 1.61. The first-order chi connectivity index (χ1) is 13.5. The Balaban J connectivity index is 1.42. The second kappa shape index (κ2) is 9.03. The monoisotopic (exact) mass is 381 g/mol. The minimum atomic E-state index is -0.256. The largest absolute Gasteiger partial charge is 0.486 e. The number of hydrogen-bond acceptors (Lipinski definition) is 5. The Morgan fingerprint density at radius 2 is 1.93 bits per heavy atom. The molecule has 0 fully saturated rings. The average molecular weight is 381 g/mol. The molecule has 0 aliphatic rings. The van der Waals surface area contributed by atoms with Crippen molar-refractivity contribution >= 4 is 11.7 Å². The first kappa shape index (κ1) is 19.4. The van der Waals surface area contributed by atoms with E-state index < -0.39 is 0 Å². The molecule has 0 unspecified atom stereocenters. The number of carbonyl (C=O) groups excluding carboxylic acids is 2. The van der Waals surface area contributed by atoms with Crippen LogP contribution in [0.15, 0.2) is 53.1 Å². The molecule has 0 saturated heterocycles. The van der Waals surface area contributed by atoms with Crippen LogP contribution in [0.5, 0.6) is 5.75 Å². The van der Waals surface area contributed by atoms with E-state index in [-0.39, 0.29) is 24.1 Å². The summed E-state index contributed by atoms with van der Waals surface area (Å²) in [6, 6.07) is 12.2. The molecule has 1 N–H and O–H groups in total. The van der Waals surface area contributed by atoms with Crippen LogP contribution in [0, 0.1) is 6.92 Å². The lowest BCUT2D eigenvalue weighted by atomic mass is 10.1. The van der Waals surface area contributed by atoms with Crippen molar-refractivity contribution in [3.8, 4) is 5.75 Å². The number of rotatable bonds is 9. The number of furan rings is 1. The van der Waals surface area contributed by atoms with Crippen LogP contribution in [0.25, 0.3) is 0 Å². The quantitative estimate of drug-likeness (QED) is 0.454. The van der Waals surface area contributed by atoms with Crippen molar-refractivity contribution in [2.24, 2.45) is 0 Å². The van der Waals surface area contributed by atoms with Gasteiger partial charge in [0.15, 0.2) is 11.5 Å². The number of carbonyl (C=O) groups is 2. The zero-order valence-corrected chi connectivity index (χ0v) is 16.0. The van der Waals surface area contributed by atoms with Gasteiger partial charge in [0.2, 0.25) is 0 Å². The van der Waals surface area contributed by atoms with E-state index in [2.05, 4.69) is 10.4 Å². The summed E-state index contributed by atoms with van der Waals surface area (Å²) in [6.45, 7) is 4.94. The molecule has 3 aromatic rings. The molecule has 1 aromatic carbocycles. The number of aryl methyl sites for hydroxylation is 2. The number of nitrogens with one attached hydrogen (secondary N) is 1. The highest BCUT2D eigenvalue weighted by Crippen LogP contribution is 2.16. The maximum atomic E-state index is 12.1. The Labute approximate surface area is 163 Å². The summed E-state index contributed by atoms with van der Waals surface area (Å²) < 4.78 is 13.0. The normalized spacial score (nSPS) is 10.6. The lowest BCUT2D eigenvalue weighted by Crippen LogP contribution is -2.24. The molecule has 3 rings (SSSR count). The summed E-state index contributed by atoms with van der Waals surface area (Å²) >= 11 is 0. The molecule has 146 valence electrons. The van der Waals surface area contributed by atoms with Gasteiger partial charge in [0.25, 0.3) is 5.91 Å². The fourth-order valence-corrected chi connectivity index (χ4v) is 2.64.